The van der Waals surface area contributed by atoms with E-state index in [-0.39, 0.29) is 17.9 Å². The van der Waals surface area contributed by atoms with Crippen LogP contribution in [0.1, 0.15) is 93.4 Å². The predicted octanol–water partition coefficient (Wildman–Crippen LogP) is 3.79. The summed E-state index contributed by atoms with van der Waals surface area (Å²) in [5.41, 5.74) is 1.08. The van der Waals surface area contributed by atoms with Crippen LogP contribution in [0.25, 0.3) is 0 Å². The first-order valence-electron chi connectivity index (χ1n) is 12.7. The number of rotatable bonds is 19. The van der Waals surface area contributed by atoms with E-state index in [2.05, 4.69) is 16.9 Å². The van der Waals surface area contributed by atoms with Gasteiger partial charge in [-0.1, -0.05) is 45.8 Å². The van der Waals surface area contributed by atoms with Crippen LogP contribution in [0.15, 0.2) is 17.1 Å². The highest BCUT2D eigenvalue weighted by Crippen LogP contribution is 2.21. The van der Waals surface area contributed by atoms with Gasteiger partial charge in [0.1, 0.15) is 6.23 Å². The first kappa shape index (κ1) is 32.2. The average Bonchev–Trinajstić information content (AvgIpc) is 2.76. The van der Waals surface area contributed by atoms with E-state index in [0.717, 1.165) is 31.3 Å². The first-order chi connectivity index (χ1) is 15.4. The Balaban J connectivity index is 5.11. The van der Waals surface area contributed by atoms with Crippen LogP contribution in [0.3, 0.4) is 0 Å². The molecule has 0 saturated heterocycles. The summed E-state index contributed by atoms with van der Waals surface area (Å²) >= 11 is 0. The van der Waals surface area contributed by atoms with E-state index >= 15 is 0 Å². The number of hydrogen-bond donors (Lipinski definition) is 5. The summed E-state index contributed by atoms with van der Waals surface area (Å²) < 4.78 is 5.91. The van der Waals surface area contributed by atoms with Crippen molar-refractivity contribution in [3.8, 4) is 0 Å². The van der Waals surface area contributed by atoms with Crippen LogP contribution in [0, 0.1) is 11.8 Å². The molecule has 5 N–H and O–H groups in total. The highest BCUT2D eigenvalue weighted by molar-refractivity contribution is 5.54. The molecule has 0 saturated carbocycles. The maximum Gasteiger partial charge on any atom is 0.170 e. The second-order valence-corrected chi connectivity index (χ2v) is 9.73. The molecule has 0 aromatic carbocycles. The number of nitrogens with zero attached hydrogens (tertiary/aromatic N) is 1. The smallest absolute Gasteiger partial charge is 0.170 e. The summed E-state index contributed by atoms with van der Waals surface area (Å²) in [6, 6.07) is -0.393. The van der Waals surface area contributed by atoms with Gasteiger partial charge >= 0.3 is 0 Å². The Morgan fingerprint density at radius 1 is 0.970 bits per heavy atom. The number of aliphatic hydroxyl groups excluding tert-OH is 4. The van der Waals surface area contributed by atoms with Crippen molar-refractivity contribution in [2.75, 3.05) is 0 Å². The van der Waals surface area contributed by atoms with E-state index < -0.39 is 36.9 Å². The zero-order valence-corrected chi connectivity index (χ0v) is 22.1. The number of aliphatic hydroxyl groups is 4. The van der Waals surface area contributed by atoms with E-state index in [4.69, 9.17) is 4.74 Å². The molecule has 9 unspecified atom stereocenters. The van der Waals surface area contributed by atoms with E-state index in [1.54, 1.807) is 20.1 Å². The Bertz CT molecular complexity index is 541. The van der Waals surface area contributed by atoms with Gasteiger partial charge in [-0.3, -0.25) is 10.3 Å². The molecule has 0 amide bonds. The number of aliphatic imine (C=N–C) groups is 1. The van der Waals surface area contributed by atoms with Gasteiger partial charge in [0.05, 0.1) is 30.4 Å². The molecular weight excluding hydrogens is 420 g/mol. The Hall–Kier alpha value is -0.830. The van der Waals surface area contributed by atoms with E-state index in [1.807, 2.05) is 34.6 Å². The molecule has 0 bridgehead atoms. The summed E-state index contributed by atoms with van der Waals surface area (Å²) in [4.78, 5) is 4.36. The largest absolute Gasteiger partial charge is 0.393 e. The van der Waals surface area contributed by atoms with Crippen LogP contribution >= 0.6 is 0 Å². The van der Waals surface area contributed by atoms with Crippen molar-refractivity contribution in [1.82, 2.24) is 5.32 Å². The maximum atomic E-state index is 10.9. The highest BCUT2D eigenvalue weighted by Gasteiger charge is 2.30. The molecule has 0 aromatic heterocycles. The standard InChI is InChI=1S/C26H52N2O5/c1-9-17(3)24(22(8)30)33-26(32)23(28-25(31)19(5)15-16-20(6)29)14-12-11-13-18(4)21(7)27-10-2/h10,17,19-26,28-32H,4,9,11-16H2,1-3,5-8H3. The molecule has 0 aliphatic heterocycles. The van der Waals surface area contributed by atoms with Gasteiger partial charge < -0.3 is 25.2 Å². The van der Waals surface area contributed by atoms with Crippen LogP contribution in [0.4, 0.5) is 0 Å². The van der Waals surface area contributed by atoms with Gasteiger partial charge in [0.25, 0.3) is 0 Å². The van der Waals surface area contributed by atoms with Gasteiger partial charge in [0, 0.05) is 0 Å². The normalized spacial score (nSPS) is 20.6. The van der Waals surface area contributed by atoms with Gasteiger partial charge in [-0.05, 0) is 77.8 Å². The third-order valence-corrected chi connectivity index (χ3v) is 6.51. The lowest BCUT2D eigenvalue weighted by Crippen LogP contribution is -2.51. The molecule has 0 radical (unpaired) electrons. The molecule has 7 nitrogen and oxygen atoms in total. The summed E-state index contributed by atoms with van der Waals surface area (Å²) in [7, 11) is 0. The third-order valence-electron chi connectivity index (χ3n) is 6.51. The molecule has 0 fully saturated rings. The van der Waals surface area contributed by atoms with Crippen LogP contribution in [0.5, 0.6) is 0 Å². The zero-order chi connectivity index (χ0) is 25.6. The number of ether oxygens (including phenoxy) is 1. The predicted molar refractivity (Wildman–Crippen MR) is 136 cm³/mol. The molecule has 196 valence electrons. The van der Waals surface area contributed by atoms with E-state index in [0.29, 0.717) is 19.3 Å². The molecule has 0 aromatic rings. The fraction of sp³-hybridized carbons (Fsp3) is 0.885. The maximum absolute atomic E-state index is 10.9. The van der Waals surface area contributed by atoms with Crippen molar-refractivity contribution in [3.63, 3.8) is 0 Å². The minimum Gasteiger partial charge on any atom is -0.393 e. The van der Waals surface area contributed by atoms with Gasteiger partial charge in [0.15, 0.2) is 6.29 Å². The topological polar surface area (TPSA) is 115 Å². The third kappa shape index (κ3) is 13.6. The van der Waals surface area contributed by atoms with Crippen molar-refractivity contribution < 1.29 is 25.2 Å². The fourth-order valence-electron chi connectivity index (χ4n) is 3.82. The van der Waals surface area contributed by atoms with Crippen molar-refractivity contribution in [2.45, 2.75) is 136 Å². The van der Waals surface area contributed by atoms with Crippen molar-refractivity contribution >= 4 is 6.21 Å². The molecule has 9 atom stereocenters. The van der Waals surface area contributed by atoms with Crippen molar-refractivity contribution in [1.29, 1.82) is 0 Å². The lowest BCUT2D eigenvalue weighted by molar-refractivity contribution is -0.195. The summed E-state index contributed by atoms with van der Waals surface area (Å²) in [6.45, 7) is 17.4. The molecular formula is C26H52N2O5. The molecule has 7 heteroatoms. The molecule has 0 aliphatic carbocycles. The quantitative estimate of drug-likeness (QED) is 0.0846. The lowest BCUT2D eigenvalue weighted by atomic mass is 9.97. The Kier molecular flexibility index (Phi) is 17.1. The summed E-state index contributed by atoms with van der Waals surface area (Å²) in [6.07, 6.45) is 3.41. The molecule has 0 heterocycles. The molecule has 0 spiro atoms. The van der Waals surface area contributed by atoms with Gasteiger partial charge in [0.2, 0.25) is 0 Å². The zero-order valence-electron chi connectivity index (χ0n) is 22.1. The summed E-state index contributed by atoms with van der Waals surface area (Å²) in [5.74, 6) is -0.0110. The van der Waals surface area contributed by atoms with Crippen molar-refractivity contribution in [2.24, 2.45) is 16.8 Å². The first-order valence-corrected chi connectivity index (χ1v) is 12.7. The van der Waals surface area contributed by atoms with Crippen LogP contribution < -0.4 is 5.32 Å². The Morgan fingerprint density at radius 3 is 2.12 bits per heavy atom. The summed E-state index contributed by atoms with van der Waals surface area (Å²) in [5, 5.41) is 44.4. The number of nitrogens with one attached hydrogen (secondary N) is 1. The highest BCUT2D eigenvalue weighted by atomic mass is 16.6. The van der Waals surface area contributed by atoms with Crippen LogP contribution in [-0.4, -0.2) is 69.6 Å². The Labute approximate surface area is 202 Å². The van der Waals surface area contributed by atoms with Crippen molar-refractivity contribution in [3.05, 3.63) is 12.2 Å². The van der Waals surface area contributed by atoms with Gasteiger partial charge in [-0.2, -0.15) is 0 Å². The van der Waals surface area contributed by atoms with E-state index in [9.17, 15) is 20.4 Å². The number of unbranched alkanes of at least 4 members (excludes halogenated alkanes) is 1. The molecule has 33 heavy (non-hydrogen) atoms. The second-order valence-electron chi connectivity index (χ2n) is 9.73. The number of hydrogen-bond acceptors (Lipinski definition) is 7. The average molecular weight is 473 g/mol. The molecule has 0 rings (SSSR count). The lowest BCUT2D eigenvalue weighted by Gasteiger charge is -2.34. The SMILES string of the molecule is C=C(CCCCC(NC(O)C(C)CCC(C)O)C(O)OC(C(C)O)C(C)CC)C(C)N=CC. The minimum atomic E-state index is -1.16. The minimum absolute atomic E-state index is 0.0825. The van der Waals surface area contributed by atoms with Crippen LogP contribution in [-0.2, 0) is 4.74 Å². The monoisotopic (exact) mass is 472 g/mol. The molecule has 0 aliphatic rings. The van der Waals surface area contributed by atoms with Gasteiger partial charge in [-0.25, -0.2) is 0 Å². The Morgan fingerprint density at radius 2 is 1.61 bits per heavy atom. The fourth-order valence-corrected chi connectivity index (χ4v) is 3.82. The second kappa shape index (κ2) is 17.6. The van der Waals surface area contributed by atoms with Gasteiger partial charge in [-0.15, -0.1) is 0 Å². The van der Waals surface area contributed by atoms with Crippen LogP contribution in [0.2, 0.25) is 0 Å². The van der Waals surface area contributed by atoms with E-state index in [1.165, 1.54) is 0 Å².